The second-order valence-corrected chi connectivity index (χ2v) is 9.72. The lowest BCUT2D eigenvalue weighted by molar-refractivity contribution is -0.118. The molecule has 0 radical (unpaired) electrons. The number of hydroxylamine groups is 1. The Morgan fingerprint density at radius 2 is 1.88 bits per heavy atom. The molecule has 0 atom stereocenters. The highest BCUT2D eigenvalue weighted by molar-refractivity contribution is 5.92. The smallest absolute Gasteiger partial charge is 0.330 e. The average molecular weight is 562 g/mol. The van der Waals surface area contributed by atoms with Crippen LogP contribution < -0.4 is 31.4 Å². The van der Waals surface area contributed by atoms with Crippen LogP contribution in [0.4, 0.5) is 5.69 Å². The second-order valence-electron chi connectivity index (χ2n) is 9.72. The molecule has 3 aromatic rings. The van der Waals surface area contributed by atoms with Crippen molar-refractivity contribution in [2.75, 3.05) is 20.3 Å². The van der Waals surface area contributed by atoms with Gasteiger partial charge in [0, 0.05) is 31.3 Å². The molecule has 0 spiro atoms. The normalized spacial score (nSPS) is 12.8. The Bertz CT molecular complexity index is 1630. The number of hydrogen-bond donors (Lipinski definition) is 4. The van der Waals surface area contributed by atoms with Gasteiger partial charge in [-0.15, -0.1) is 0 Å². The van der Waals surface area contributed by atoms with Crippen LogP contribution in [0.2, 0.25) is 0 Å². The summed E-state index contributed by atoms with van der Waals surface area (Å²) in [6, 6.07) is 9.85. The van der Waals surface area contributed by atoms with Crippen LogP contribution >= 0.6 is 0 Å². The van der Waals surface area contributed by atoms with Crippen molar-refractivity contribution in [2.45, 2.75) is 47.2 Å². The van der Waals surface area contributed by atoms with E-state index in [0.717, 1.165) is 39.7 Å². The van der Waals surface area contributed by atoms with E-state index in [-0.39, 0.29) is 24.5 Å². The third kappa shape index (κ3) is 6.07. The summed E-state index contributed by atoms with van der Waals surface area (Å²) in [7, 11) is 1.59. The molecule has 0 aliphatic carbocycles. The Labute approximate surface area is 237 Å². The van der Waals surface area contributed by atoms with E-state index >= 15 is 0 Å². The minimum absolute atomic E-state index is 0.0611. The maximum absolute atomic E-state index is 13.9. The monoisotopic (exact) mass is 561 g/mol. The molecule has 0 unspecified atom stereocenters. The van der Waals surface area contributed by atoms with Crippen LogP contribution in [0.3, 0.4) is 0 Å². The molecule has 1 amide bonds. The molecule has 41 heavy (non-hydrogen) atoms. The first-order chi connectivity index (χ1) is 19.7. The second kappa shape index (κ2) is 12.6. The summed E-state index contributed by atoms with van der Waals surface area (Å²) in [4.78, 5) is 31.3. The molecular formula is C29H35N7O5. The number of carbonyl (C=O) groups is 1. The predicted octanol–water partition coefficient (Wildman–Crippen LogP) is 3.41. The van der Waals surface area contributed by atoms with Crippen molar-refractivity contribution in [3.8, 4) is 22.8 Å². The van der Waals surface area contributed by atoms with Gasteiger partial charge in [-0.05, 0) is 62.9 Å². The molecule has 1 aliphatic rings. The van der Waals surface area contributed by atoms with E-state index in [0.29, 0.717) is 42.3 Å². The van der Waals surface area contributed by atoms with Gasteiger partial charge in [0.15, 0.2) is 11.5 Å². The van der Waals surface area contributed by atoms with Gasteiger partial charge in [-0.25, -0.2) is 15.3 Å². The SMILES string of the molecule is CCOc1cc2c(cc1OC)-c1c/c(=N\c3c(C)cc(C)cc3C)n(CCNC(=O)/C(=C/N=N)NO)c(=O)n1CC2. The van der Waals surface area contributed by atoms with Crippen LogP contribution in [0.5, 0.6) is 11.5 Å². The van der Waals surface area contributed by atoms with Gasteiger partial charge in [0.1, 0.15) is 11.2 Å². The highest BCUT2D eigenvalue weighted by atomic mass is 16.5. The zero-order valence-corrected chi connectivity index (χ0v) is 23.9. The zero-order valence-electron chi connectivity index (χ0n) is 23.9. The molecule has 2 heterocycles. The number of amides is 1. The number of benzene rings is 2. The summed E-state index contributed by atoms with van der Waals surface area (Å²) in [6.07, 6.45) is 1.51. The molecule has 0 fully saturated rings. The highest BCUT2D eigenvalue weighted by Crippen LogP contribution is 2.37. The summed E-state index contributed by atoms with van der Waals surface area (Å²) in [5, 5.41) is 14.8. The van der Waals surface area contributed by atoms with Crippen molar-refractivity contribution < 1.29 is 19.5 Å². The molecule has 1 aromatic heterocycles. The molecule has 2 aromatic carbocycles. The molecular weight excluding hydrogens is 526 g/mol. The lowest BCUT2D eigenvalue weighted by Crippen LogP contribution is -2.44. The van der Waals surface area contributed by atoms with Crippen LogP contribution in [0.15, 0.2) is 57.1 Å². The van der Waals surface area contributed by atoms with E-state index in [1.807, 2.05) is 58.0 Å². The van der Waals surface area contributed by atoms with Crippen LogP contribution in [-0.4, -0.2) is 40.5 Å². The van der Waals surface area contributed by atoms with Gasteiger partial charge >= 0.3 is 5.69 Å². The summed E-state index contributed by atoms with van der Waals surface area (Å²) in [5.74, 6) is 0.568. The fraction of sp³-hybridized carbons (Fsp3) is 0.345. The van der Waals surface area contributed by atoms with Gasteiger partial charge in [0.25, 0.3) is 5.91 Å². The van der Waals surface area contributed by atoms with E-state index in [4.69, 9.17) is 25.2 Å². The number of methoxy groups -OCH3 is 1. The predicted molar refractivity (Wildman–Crippen MR) is 153 cm³/mol. The lowest BCUT2D eigenvalue weighted by Gasteiger charge is -2.25. The van der Waals surface area contributed by atoms with Crippen molar-refractivity contribution in [3.05, 3.63) is 80.5 Å². The number of hydrogen-bond acceptors (Lipinski definition) is 9. The largest absolute Gasteiger partial charge is 0.493 e. The van der Waals surface area contributed by atoms with Crippen LogP contribution in [0.25, 0.3) is 11.3 Å². The fourth-order valence-corrected chi connectivity index (χ4v) is 5.12. The Morgan fingerprint density at radius 3 is 2.51 bits per heavy atom. The summed E-state index contributed by atoms with van der Waals surface area (Å²) in [5.41, 5.74) is 15.0. The average Bonchev–Trinajstić information content (AvgIpc) is 2.94. The van der Waals surface area contributed by atoms with Gasteiger partial charge in [0.2, 0.25) is 0 Å². The van der Waals surface area contributed by atoms with E-state index in [1.54, 1.807) is 17.2 Å². The van der Waals surface area contributed by atoms with Crippen molar-refractivity contribution in [1.82, 2.24) is 19.9 Å². The van der Waals surface area contributed by atoms with Crippen molar-refractivity contribution >= 4 is 11.6 Å². The number of fused-ring (bicyclic) bond motifs is 3. The Hall–Kier alpha value is -4.71. The van der Waals surface area contributed by atoms with E-state index in [2.05, 4.69) is 10.4 Å². The molecule has 4 N–H and O–H groups in total. The number of aromatic nitrogens is 2. The van der Waals surface area contributed by atoms with Crippen LogP contribution in [-0.2, 0) is 24.3 Å². The third-order valence-electron chi connectivity index (χ3n) is 6.91. The van der Waals surface area contributed by atoms with Gasteiger partial charge in [0.05, 0.1) is 31.3 Å². The van der Waals surface area contributed by atoms with Crippen molar-refractivity contribution in [1.29, 1.82) is 5.53 Å². The maximum atomic E-state index is 13.9. The van der Waals surface area contributed by atoms with Crippen molar-refractivity contribution in [2.24, 2.45) is 10.1 Å². The molecule has 12 heteroatoms. The first kappa shape index (κ1) is 29.3. The van der Waals surface area contributed by atoms with Crippen LogP contribution in [0.1, 0.15) is 29.2 Å². The van der Waals surface area contributed by atoms with E-state index in [1.165, 1.54) is 4.57 Å². The maximum Gasteiger partial charge on any atom is 0.330 e. The number of carbonyl (C=O) groups excluding carboxylic acids is 1. The molecule has 4 rings (SSSR count). The number of aryl methyl sites for hydroxylation is 4. The molecule has 0 bridgehead atoms. The Balaban J connectivity index is 1.87. The minimum atomic E-state index is -0.669. The topological polar surface area (TPSA) is 155 Å². The van der Waals surface area contributed by atoms with E-state index in [9.17, 15) is 9.59 Å². The number of ether oxygens (including phenoxy) is 2. The summed E-state index contributed by atoms with van der Waals surface area (Å²) < 4.78 is 14.6. The lowest BCUT2D eigenvalue weighted by atomic mass is 9.97. The van der Waals surface area contributed by atoms with Gasteiger partial charge in [-0.1, -0.05) is 17.7 Å². The molecule has 0 saturated carbocycles. The van der Waals surface area contributed by atoms with Crippen molar-refractivity contribution in [3.63, 3.8) is 0 Å². The number of nitrogens with zero attached hydrogens (tertiary/aromatic N) is 4. The fourth-order valence-electron chi connectivity index (χ4n) is 5.12. The summed E-state index contributed by atoms with van der Waals surface area (Å²) in [6.45, 7) is 9.05. The van der Waals surface area contributed by atoms with Gasteiger partial charge < -0.3 is 14.8 Å². The van der Waals surface area contributed by atoms with E-state index < -0.39 is 5.91 Å². The minimum Gasteiger partial charge on any atom is -0.493 e. The molecule has 12 nitrogen and oxygen atoms in total. The molecule has 1 aliphatic heterocycles. The number of rotatable bonds is 10. The first-order valence-electron chi connectivity index (χ1n) is 13.3. The van der Waals surface area contributed by atoms with Gasteiger partial charge in [-0.2, -0.15) is 5.11 Å². The van der Waals surface area contributed by atoms with Crippen LogP contribution in [0, 0.1) is 26.3 Å². The standard InChI is InChI=1S/C29H35N7O5/c1-6-41-25-13-20-7-9-35-23(21(20)14-24(25)40-5)15-26(33-27-18(3)11-17(2)12-19(27)4)36(29(35)38)10-8-31-28(37)22(34-39)16-32-30/h11-16,30,34,39H,6-10H2,1-5H3,(H,31,37)/b22-16-,32-30?,33-26+. The summed E-state index contributed by atoms with van der Waals surface area (Å²) >= 11 is 0. The zero-order chi connectivity index (χ0) is 29.7. The molecule has 0 saturated heterocycles. The number of nitrogens with one attached hydrogen (secondary N) is 3. The van der Waals surface area contributed by atoms with Gasteiger partial charge in [-0.3, -0.25) is 24.6 Å². The quantitative estimate of drug-likeness (QED) is 0.169. The molecule has 216 valence electrons. The Morgan fingerprint density at radius 1 is 1.15 bits per heavy atom. The third-order valence-corrected chi connectivity index (χ3v) is 6.91. The Kier molecular flexibility index (Phi) is 9.03. The highest BCUT2D eigenvalue weighted by Gasteiger charge is 2.23. The first-order valence-corrected chi connectivity index (χ1v) is 13.3.